The lowest BCUT2D eigenvalue weighted by molar-refractivity contribution is -0.384. The van der Waals surface area contributed by atoms with Gasteiger partial charge in [0.1, 0.15) is 23.1 Å². The first-order chi connectivity index (χ1) is 12.1. The second-order valence-electron chi connectivity index (χ2n) is 5.48. The zero-order chi connectivity index (χ0) is 19.6. The van der Waals surface area contributed by atoms with Crippen LogP contribution >= 0.6 is 0 Å². The van der Waals surface area contributed by atoms with Gasteiger partial charge in [-0.05, 0) is 31.5 Å². The van der Waals surface area contributed by atoms with Crippen molar-refractivity contribution >= 4 is 17.3 Å². The summed E-state index contributed by atoms with van der Waals surface area (Å²) in [7, 11) is 0. The van der Waals surface area contributed by atoms with Crippen molar-refractivity contribution in [3.05, 3.63) is 51.3 Å². The number of carbonyl (C=O) groups excluding carboxylic acids is 1. The van der Waals surface area contributed by atoms with E-state index in [2.05, 4.69) is 10.4 Å². The third kappa shape index (κ3) is 3.98. The highest BCUT2D eigenvalue weighted by Crippen LogP contribution is 2.29. The van der Waals surface area contributed by atoms with Crippen LogP contribution in [-0.4, -0.2) is 20.6 Å². The van der Waals surface area contributed by atoms with Gasteiger partial charge in [0, 0.05) is 6.07 Å². The molecule has 2 rings (SSSR count). The highest BCUT2D eigenvalue weighted by Gasteiger charge is 2.28. The van der Waals surface area contributed by atoms with E-state index in [9.17, 15) is 32.5 Å². The Labute approximate surface area is 144 Å². The van der Waals surface area contributed by atoms with Gasteiger partial charge in [-0.15, -0.1) is 0 Å². The first-order valence-corrected chi connectivity index (χ1v) is 7.33. The lowest BCUT2D eigenvalue weighted by atomic mass is 10.2. The highest BCUT2D eigenvalue weighted by atomic mass is 19.3. The van der Waals surface area contributed by atoms with Gasteiger partial charge in [-0.25, -0.2) is 17.6 Å². The van der Waals surface area contributed by atoms with Crippen LogP contribution in [0, 0.1) is 17.0 Å². The topological polar surface area (TPSA) is 90.1 Å². The maximum Gasteiger partial charge on any atom is 0.293 e. The Morgan fingerprint density at radius 2 is 1.88 bits per heavy atom. The van der Waals surface area contributed by atoms with Crippen LogP contribution in [0.2, 0.25) is 0 Å². The number of amides is 1. The SMILES string of the molecule is Cc1ccc(NC(=O)C(C)n2nc(C(F)F)cc2C(F)F)c([N+](=O)[O-])c1. The molecule has 1 N–H and O–H groups in total. The number of nitro benzene ring substituents is 1. The molecular weight excluding hydrogens is 360 g/mol. The summed E-state index contributed by atoms with van der Waals surface area (Å²) in [4.78, 5) is 22.7. The van der Waals surface area contributed by atoms with E-state index in [0.29, 0.717) is 16.3 Å². The fraction of sp³-hybridized carbons (Fsp3) is 0.333. The normalized spacial score (nSPS) is 12.5. The molecule has 0 aliphatic heterocycles. The summed E-state index contributed by atoms with van der Waals surface area (Å²) in [5, 5.41) is 16.7. The molecule has 0 bridgehead atoms. The highest BCUT2D eigenvalue weighted by molar-refractivity contribution is 5.95. The number of halogens is 4. The summed E-state index contributed by atoms with van der Waals surface area (Å²) >= 11 is 0. The molecule has 26 heavy (non-hydrogen) atoms. The summed E-state index contributed by atoms with van der Waals surface area (Å²) in [5.74, 6) is -0.914. The molecule has 1 amide bonds. The molecule has 1 heterocycles. The zero-order valence-corrected chi connectivity index (χ0v) is 13.6. The Morgan fingerprint density at radius 1 is 1.23 bits per heavy atom. The Kier molecular flexibility index (Phi) is 5.58. The summed E-state index contributed by atoms with van der Waals surface area (Å²) < 4.78 is 52.0. The van der Waals surface area contributed by atoms with Crippen molar-refractivity contribution in [3.8, 4) is 0 Å². The van der Waals surface area contributed by atoms with Crippen molar-refractivity contribution in [2.75, 3.05) is 5.32 Å². The molecule has 1 aromatic heterocycles. The number of carbonyl (C=O) groups is 1. The summed E-state index contributed by atoms with van der Waals surface area (Å²) in [6.07, 6.45) is -6.21. The smallest absolute Gasteiger partial charge is 0.293 e. The van der Waals surface area contributed by atoms with Gasteiger partial charge in [0.25, 0.3) is 18.5 Å². The minimum absolute atomic E-state index is 0.141. The van der Waals surface area contributed by atoms with Crippen LogP contribution in [-0.2, 0) is 4.79 Å². The fourth-order valence-corrected chi connectivity index (χ4v) is 2.26. The zero-order valence-electron chi connectivity index (χ0n) is 13.6. The van der Waals surface area contributed by atoms with E-state index < -0.39 is 41.1 Å². The summed E-state index contributed by atoms with van der Waals surface area (Å²) in [6, 6.07) is 3.16. The van der Waals surface area contributed by atoms with Crippen molar-refractivity contribution in [3.63, 3.8) is 0 Å². The number of aromatic nitrogens is 2. The molecule has 2 aromatic rings. The van der Waals surface area contributed by atoms with Gasteiger partial charge in [0.05, 0.1) is 4.92 Å². The van der Waals surface area contributed by atoms with Gasteiger partial charge in [0.2, 0.25) is 5.91 Å². The van der Waals surface area contributed by atoms with Crippen molar-refractivity contribution in [1.82, 2.24) is 9.78 Å². The molecular formula is C15H14F4N4O3. The number of benzene rings is 1. The Hall–Kier alpha value is -2.98. The third-order valence-electron chi connectivity index (χ3n) is 3.58. The van der Waals surface area contributed by atoms with Crippen LogP contribution < -0.4 is 5.32 Å². The molecule has 0 saturated carbocycles. The molecule has 0 saturated heterocycles. The van der Waals surface area contributed by atoms with E-state index in [1.165, 1.54) is 25.1 Å². The maximum absolute atomic E-state index is 13.0. The van der Waals surface area contributed by atoms with E-state index in [1.807, 2.05) is 0 Å². The van der Waals surface area contributed by atoms with Crippen LogP contribution in [0.3, 0.4) is 0 Å². The molecule has 7 nitrogen and oxygen atoms in total. The van der Waals surface area contributed by atoms with Crippen LogP contribution in [0.25, 0.3) is 0 Å². The number of nitrogens with one attached hydrogen (secondary N) is 1. The Balaban J connectivity index is 2.33. The average molecular weight is 374 g/mol. The predicted octanol–water partition coefficient (Wildman–Crippen LogP) is 4.17. The number of nitro groups is 1. The molecule has 0 aliphatic rings. The van der Waals surface area contributed by atoms with E-state index in [0.717, 1.165) is 0 Å². The second-order valence-corrected chi connectivity index (χ2v) is 5.48. The standard InChI is InChI=1S/C15H14F4N4O3/c1-7-3-4-9(11(5-7)23(25)26)20-15(24)8(2)22-12(14(18)19)6-10(21-22)13(16)17/h3-6,8,13-14H,1-2H3,(H,20,24). The number of hydrogen-bond donors (Lipinski definition) is 1. The maximum atomic E-state index is 13.0. The molecule has 0 radical (unpaired) electrons. The monoisotopic (exact) mass is 374 g/mol. The molecule has 11 heteroatoms. The number of alkyl halides is 4. The largest absolute Gasteiger partial charge is 0.319 e. The van der Waals surface area contributed by atoms with Crippen molar-refractivity contribution < 1.29 is 27.3 Å². The van der Waals surface area contributed by atoms with Gasteiger partial charge in [-0.1, -0.05) is 6.07 Å². The third-order valence-corrected chi connectivity index (χ3v) is 3.58. The number of rotatable bonds is 6. The molecule has 1 aromatic carbocycles. The van der Waals surface area contributed by atoms with Crippen molar-refractivity contribution in [1.29, 1.82) is 0 Å². The molecule has 140 valence electrons. The van der Waals surface area contributed by atoms with Crippen molar-refractivity contribution in [2.45, 2.75) is 32.7 Å². The molecule has 1 atom stereocenters. The Morgan fingerprint density at radius 3 is 2.42 bits per heavy atom. The molecule has 1 unspecified atom stereocenters. The van der Waals surface area contributed by atoms with Crippen LogP contribution in [0.15, 0.2) is 24.3 Å². The number of aryl methyl sites for hydroxylation is 1. The minimum atomic E-state index is -3.13. The van der Waals surface area contributed by atoms with Gasteiger partial charge in [-0.3, -0.25) is 19.6 Å². The first-order valence-electron chi connectivity index (χ1n) is 7.33. The van der Waals surface area contributed by atoms with Gasteiger partial charge in [-0.2, -0.15) is 5.10 Å². The number of nitrogens with zero attached hydrogens (tertiary/aromatic N) is 3. The van der Waals surface area contributed by atoms with Gasteiger partial charge >= 0.3 is 0 Å². The van der Waals surface area contributed by atoms with Crippen LogP contribution in [0.1, 0.15) is 42.8 Å². The average Bonchev–Trinajstić information content (AvgIpc) is 3.01. The number of anilines is 1. The van der Waals surface area contributed by atoms with Gasteiger partial charge < -0.3 is 5.32 Å². The first kappa shape index (κ1) is 19.3. The van der Waals surface area contributed by atoms with Crippen LogP contribution in [0.4, 0.5) is 28.9 Å². The van der Waals surface area contributed by atoms with E-state index in [4.69, 9.17) is 0 Å². The molecule has 0 spiro atoms. The minimum Gasteiger partial charge on any atom is -0.319 e. The second kappa shape index (κ2) is 7.50. The van der Waals surface area contributed by atoms with Crippen LogP contribution in [0.5, 0.6) is 0 Å². The lowest BCUT2D eigenvalue weighted by Crippen LogP contribution is -2.26. The predicted molar refractivity (Wildman–Crippen MR) is 83.3 cm³/mol. The molecule has 0 aliphatic carbocycles. The van der Waals surface area contributed by atoms with Gasteiger partial charge in [0.15, 0.2) is 0 Å². The fourth-order valence-electron chi connectivity index (χ4n) is 2.26. The van der Waals surface area contributed by atoms with E-state index in [1.54, 1.807) is 6.92 Å². The van der Waals surface area contributed by atoms with E-state index in [-0.39, 0.29) is 11.4 Å². The lowest BCUT2D eigenvalue weighted by Gasteiger charge is -2.15. The summed E-state index contributed by atoms with van der Waals surface area (Å²) in [6.45, 7) is 2.79. The summed E-state index contributed by atoms with van der Waals surface area (Å²) in [5.41, 5.74) is -1.68. The quantitative estimate of drug-likeness (QED) is 0.467. The Bertz CT molecular complexity index is 838. The van der Waals surface area contributed by atoms with E-state index >= 15 is 0 Å². The number of hydrogen-bond acceptors (Lipinski definition) is 4. The molecule has 0 fully saturated rings. The van der Waals surface area contributed by atoms with Crippen molar-refractivity contribution in [2.24, 2.45) is 0 Å².